The molecule has 2 rings (SSSR count). The molecule has 14 heavy (non-hydrogen) atoms. The maximum atomic E-state index is 10.6. The molecule has 1 aliphatic rings. The molecule has 4 heteroatoms. The highest BCUT2D eigenvalue weighted by atomic mass is 16.6. The van der Waals surface area contributed by atoms with E-state index in [1.54, 1.807) is 12.1 Å². The van der Waals surface area contributed by atoms with Crippen LogP contribution in [-0.4, -0.2) is 18.5 Å². The molecule has 0 spiro atoms. The van der Waals surface area contributed by atoms with Crippen LogP contribution >= 0.6 is 0 Å². The molecule has 0 amide bonds. The molecule has 1 aromatic carbocycles. The summed E-state index contributed by atoms with van der Waals surface area (Å²) in [6.45, 7) is 1.03. The number of nitro benzene ring substituents is 1. The highest BCUT2D eigenvalue weighted by Gasteiger charge is 2.16. The summed E-state index contributed by atoms with van der Waals surface area (Å²) in [5, 5.41) is 10.6. The number of hydrogen-bond acceptors (Lipinski definition) is 3. The van der Waals surface area contributed by atoms with Gasteiger partial charge in [-0.25, -0.2) is 0 Å². The fourth-order valence-electron chi connectivity index (χ4n) is 1.89. The van der Waals surface area contributed by atoms with Crippen molar-refractivity contribution in [3.05, 3.63) is 33.9 Å². The quantitative estimate of drug-likeness (QED) is 0.505. The molecule has 1 heterocycles. The molecule has 0 atom stereocenters. The summed E-state index contributed by atoms with van der Waals surface area (Å²) in [5.74, 6) is 0. The van der Waals surface area contributed by atoms with Crippen molar-refractivity contribution in [2.45, 2.75) is 12.8 Å². The Hall–Kier alpha value is -1.58. The van der Waals surface area contributed by atoms with Crippen LogP contribution < -0.4 is 4.90 Å². The Bertz CT molecular complexity index is 376. The number of non-ortho nitro benzene ring substituents is 1. The Balaban J connectivity index is 2.44. The van der Waals surface area contributed by atoms with Gasteiger partial charge in [-0.3, -0.25) is 10.1 Å². The lowest BCUT2D eigenvalue weighted by atomic mass is 10.0. The lowest BCUT2D eigenvalue weighted by molar-refractivity contribution is -0.384. The zero-order valence-corrected chi connectivity index (χ0v) is 8.06. The van der Waals surface area contributed by atoms with E-state index >= 15 is 0 Å². The predicted molar refractivity (Wildman–Crippen MR) is 54.7 cm³/mol. The summed E-state index contributed by atoms with van der Waals surface area (Å²) >= 11 is 0. The number of nitro groups is 1. The van der Waals surface area contributed by atoms with Gasteiger partial charge in [0.05, 0.1) is 4.92 Å². The third-order valence-corrected chi connectivity index (χ3v) is 2.62. The molecule has 0 N–H and O–H groups in total. The molecule has 1 aromatic rings. The molecule has 0 fully saturated rings. The first-order valence-electron chi connectivity index (χ1n) is 4.67. The van der Waals surface area contributed by atoms with Gasteiger partial charge in [0.1, 0.15) is 0 Å². The van der Waals surface area contributed by atoms with Gasteiger partial charge in [-0.1, -0.05) is 0 Å². The van der Waals surface area contributed by atoms with Gasteiger partial charge in [-0.2, -0.15) is 0 Å². The van der Waals surface area contributed by atoms with E-state index in [9.17, 15) is 10.1 Å². The number of benzene rings is 1. The van der Waals surface area contributed by atoms with Crippen molar-refractivity contribution in [2.75, 3.05) is 18.5 Å². The summed E-state index contributed by atoms with van der Waals surface area (Å²) in [4.78, 5) is 12.4. The first-order chi connectivity index (χ1) is 6.68. The van der Waals surface area contributed by atoms with Gasteiger partial charge >= 0.3 is 0 Å². The van der Waals surface area contributed by atoms with Crippen LogP contribution in [0.1, 0.15) is 12.0 Å². The molecule has 0 aromatic heterocycles. The normalized spacial score (nSPS) is 15.1. The largest absolute Gasteiger partial charge is 0.374 e. The highest BCUT2D eigenvalue weighted by molar-refractivity contribution is 5.58. The van der Waals surface area contributed by atoms with Crippen LogP contribution in [0.5, 0.6) is 0 Å². The number of nitrogens with zero attached hydrogens (tertiary/aromatic N) is 2. The second-order valence-electron chi connectivity index (χ2n) is 3.60. The summed E-state index contributed by atoms with van der Waals surface area (Å²) in [5.41, 5.74) is 2.41. The van der Waals surface area contributed by atoms with E-state index in [2.05, 4.69) is 4.90 Å². The molecule has 1 aliphatic heterocycles. The first kappa shape index (κ1) is 8.99. The van der Waals surface area contributed by atoms with Gasteiger partial charge in [0.25, 0.3) is 5.69 Å². The number of aryl methyl sites for hydroxylation is 1. The number of anilines is 1. The van der Waals surface area contributed by atoms with Crippen LogP contribution in [0.4, 0.5) is 11.4 Å². The van der Waals surface area contributed by atoms with Crippen molar-refractivity contribution < 1.29 is 4.92 Å². The van der Waals surface area contributed by atoms with Crippen LogP contribution in [0.3, 0.4) is 0 Å². The average Bonchev–Trinajstić information content (AvgIpc) is 2.17. The Labute approximate surface area is 82.3 Å². The topological polar surface area (TPSA) is 46.4 Å². The van der Waals surface area contributed by atoms with E-state index in [0.717, 1.165) is 30.6 Å². The Kier molecular flexibility index (Phi) is 2.11. The molecule has 0 radical (unpaired) electrons. The van der Waals surface area contributed by atoms with Crippen molar-refractivity contribution in [1.82, 2.24) is 0 Å². The zero-order valence-electron chi connectivity index (χ0n) is 8.06. The maximum Gasteiger partial charge on any atom is 0.269 e. The van der Waals surface area contributed by atoms with Crippen LogP contribution in [0.15, 0.2) is 18.2 Å². The third kappa shape index (κ3) is 1.43. The fourth-order valence-corrected chi connectivity index (χ4v) is 1.89. The third-order valence-electron chi connectivity index (χ3n) is 2.62. The van der Waals surface area contributed by atoms with Crippen LogP contribution in [0, 0.1) is 10.1 Å². The van der Waals surface area contributed by atoms with Crippen molar-refractivity contribution in [3.8, 4) is 0 Å². The van der Waals surface area contributed by atoms with Crippen LogP contribution in [-0.2, 0) is 6.42 Å². The monoisotopic (exact) mass is 192 g/mol. The van der Waals surface area contributed by atoms with Gasteiger partial charge in [-0.05, 0) is 24.5 Å². The fraction of sp³-hybridized carbons (Fsp3) is 0.400. The molecule has 0 saturated heterocycles. The molecule has 0 saturated carbocycles. The van der Waals surface area contributed by atoms with E-state index in [1.807, 2.05) is 13.1 Å². The van der Waals surface area contributed by atoms with E-state index in [0.29, 0.717) is 0 Å². The van der Waals surface area contributed by atoms with E-state index in [4.69, 9.17) is 0 Å². The number of rotatable bonds is 1. The van der Waals surface area contributed by atoms with Gasteiger partial charge in [0, 0.05) is 31.4 Å². The van der Waals surface area contributed by atoms with Crippen molar-refractivity contribution in [2.24, 2.45) is 0 Å². The molecule has 4 nitrogen and oxygen atoms in total. The lowest BCUT2D eigenvalue weighted by Crippen LogP contribution is -2.24. The number of hydrogen-bond donors (Lipinski definition) is 0. The minimum absolute atomic E-state index is 0.194. The SMILES string of the molecule is CN1CCCc2cc([N+](=O)[O-])ccc21. The van der Waals surface area contributed by atoms with Gasteiger partial charge in [0.2, 0.25) is 0 Å². The standard InChI is InChI=1S/C10H12N2O2/c1-11-6-2-3-8-7-9(12(13)14)4-5-10(8)11/h4-5,7H,2-3,6H2,1H3. The van der Waals surface area contributed by atoms with Crippen molar-refractivity contribution in [3.63, 3.8) is 0 Å². The minimum Gasteiger partial charge on any atom is -0.374 e. The van der Waals surface area contributed by atoms with E-state index < -0.39 is 0 Å². The second kappa shape index (κ2) is 3.29. The maximum absolute atomic E-state index is 10.6. The molecular formula is C10H12N2O2. The van der Waals surface area contributed by atoms with Gasteiger partial charge in [0.15, 0.2) is 0 Å². The van der Waals surface area contributed by atoms with E-state index in [-0.39, 0.29) is 10.6 Å². The van der Waals surface area contributed by atoms with Gasteiger partial charge in [-0.15, -0.1) is 0 Å². The summed E-state index contributed by atoms with van der Waals surface area (Å²) < 4.78 is 0. The summed E-state index contributed by atoms with van der Waals surface area (Å²) in [6.07, 6.45) is 2.02. The molecule has 0 bridgehead atoms. The molecule has 74 valence electrons. The van der Waals surface area contributed by atoms with Crippen LogP contribution in [0.2, 0.25) is 0 Å². The summed E-state index contributed by atoms with van der Waals surface area (Å²) in [7, 11) is 2.02. The zero-order chi connectivity index (χ0) is 10.1. The minimum atomic E-state index is -0.338. The Morgan fingerprint density at radius 1 is 1.50 bits per heavy atom. The van der Waals surface area contributed by atoms with Crippen molar-refractivity contribution in [1.29, 1.82) is 0 Å². The molecule has 0 aliphatic carbocycles. The average molecular weight is 192 g/mol. The smallest absolute Gasteiger partial charge is 0.269 e. The Morgan fingerprint density at radius 2 is 2.29 bits per heavy atom. The first-order valence-corrected chi connectivity index (χ1v) is 4.67. The summed E-state index contributed by atoms with van der Waals surface area (Å²) in [6, 6.07) is 5.10. The van der Waals surface area contributed by atoms with E-state index in [1.165, 1.54) is 0 Å². The lowest BCUT2D eigenvalue weighted by Gasteiger charge is -2.26. The molecular weight excluding hydrogens is 180 g/mol. The highest BCUT2D eigenvalue weighted by Crippen LogP contribution is 2.29. The Morgan fingerprint density at radius 3 is 3.00 bits per heavy atom. The van der Waals surface area contributed by atoms with Crippen LogP contribution in [0.25, 0.3) is 0 Å². The number of fused-ring (bicyclic) bond motifs is 1. The molecule has 0 unspecified atom stereocenters. The van der Waals surface area contributed by atoms with Crippen molar-refractivity contribution >= 4 is 11.4 Å². The predicted octanol–water partition coefficient (Wildman–Crippen LogP) is 1.98. The second-order valence-corrected chi connectivity index (χ2v) is 3.60. The van der Waals surface area contributed by atoms with Gasteiger partial charge < -0.3 is 4.90 Å².